The van der Waals surface area contributed by atoms with Crippen LogP contribution in [0.2, 0.25) is 0 Å². The van der Waals surface area contributed by atoms with E-state index in [1.807, 2.05) is 4.68 Å². The highest BCUT2D eigenvalue weighted by atomic mass is 16.1. The van der Waals surface area contributed by atoms with Crippen molar-refractivity contribution in [1.82, 2.24) is 15.0 Å². The molecule has 0 saturated heterocycles. The van der Waals surface area contributed by atoms with Crippen LogP contribution in [-0.4, -0.2) is 21.3 Å². The summed E-state index contributed by atoms with van der Waals surface area (Å²) in [6.07, 6.45) is 4.64. The van der Waals surface area contributed by atoms with Crippen LogP contribution in [0.1, 0.15) is 12.1 Å². The molecular formula is C7H9N3O. The topological polar surface area (TPSA) is 47.8 Å². The fourth-order valence-corrected chi connectivity index (χ4v) is 1.38. The van der Waals surface area contributed by atoms with Crippen LogP contribution in [0.15, 0.2) is 6.20 Å². The fourth-order valence-electron chi connectivity index (χ4n) is 1.38. The number of aryl methyl sites for hydroxylation is 1. The first-order valence-electron chi connectivity index (χ1n) is 3.73. The maximum Gasteiger partial charge on any atom is 0.124 e. The average Bonchev–Trinajstić information content (AvgIpc) is 2.50. The Kier molecular flexibility index (Phi) is 1.45. The summed E-state index contributed by atoms with van der Waals surface area (Å²) in [7, 11) is 0. The summed E-state index contributed by atoms with van der Waals surface area (Å²) in [5, 5.41) is 7.63. The standard InChI is InChI=1S/C7H9N3O/c11-5-6-1-2-7-3-8-9-10(7)4-6/h3,5-6H,1-2,4H2. The van der Waals surface area contributed by atoms with Crippen molar-refractivity contribution in [2.75, 3.05) is 0 Å². The van der Waals surface area contributed by atoms with Gasteiger partial charge in [0.25, 0.3) is 0 Å². The molecule has 11 heavy (non-hydrogen) atoms. The lowest BCUT2D eigenvalue weighted by Gasteiger charge is -2.16. The van der Waals surface area contributed by atoms with E-state index in [1.54, 1.807) is 6.20 Å². The molecule has 1 aromatic heterocycles. The van der Waals surface area contributed by atoms with Gasteiger partial charge in [0.15, 0.2) is 0 Å². The lowest BCUT2D eigenvalue weighted by molar-refractivity contribution is -0.111. The first kappa shape index (κ1) is 6.52. The molecule has 1 aromatic rings. The first-order valence-corrected chi connectivity index (χ1v) is 3.73. The average molecular weight is 151 g/mol. The zero-order valence-electron chi connectivity index (χ0n) is 6.10. The molecule has 0 bridgehead atoms. The van der Waals surface area contributed by atoms with Crippen molar-refractivity contribution in [3.8, 4) is 0 Å². The van der Waals surface area contributed by atoms with Gasteiger partial charge in [-0.25, -0.2) is 4.68 Å². The molecule has 4 nitrogen and oxygen atoms in total. The molecule has 0 radical (unpaired) electrons. The summed E-state index contributed by atoms with van der Waals surface area (Å²) in [5.74, 6) is 0.143. The van der Waals surface area contributed by atoms with Crippen molar-refractivity contribution in [2.45, 2.75) is 19.4 Å². The van der Waals surface area contributed by atoms with Crippen molar-refractivity contribution < 1.29 is 4.79 Å². The molecule has 1 unspecified atom stereocenters. The summed E-state index contributed by atoms with van der Waals surface area (Å²) in [6.45, 7) is 0.707. The van der Waals surface area contributed by atoms with Crippen molar-refractivity contribution in [3.05, 3.63) is 11.9 Å². The molecule has 1 aliphatic heterocycles. The first-order chi connectivity index (χ1) is 5.40. The van der Waals surface area contributed by atoms with E-state index in [9.17, 15) is 4.79 Å². The van der Waals surface area contributed by atoms with E-state index >= 15 is 0 Å². The quantitative estimate of drug-likeness (QED) is 0.532. The van der Waals surface area contributed by atoms with Crippen LogP contribution in [0, 0.1) is 5.92 Å². The van der Waals surface area contributed by atoms with E-state index in [4.69, 9.17) is 0 Å². The molecule has 2 rings (SSSR count). The number of carbonyl (C=O) groups excluding carboxylic acids is 1. The number of carbonyl (C=O) groups is 1. The number of fused-ring (bicyclic) bond motifs is 1. The van der Waals surface area contributed by atoms with Crippen LogP contribution in [0.3, 0.4) is 0 Å². The van der Waals surface area contributed by atoms with Gasteiger partial charge in [0.2, 0.25) is 0 Å². The van der Waals surface area contributed by atoms with Crippen molar-refractivity contribution >= 4 is 6.29 Å². The minimum absolute atomic E-state index is 0.143. The van der Waals surface area contributed by atoms with E-state index in [1.165, 1.54) is 0 Å². The van der Waals surface area contributed by atoms with E-state index < -0.39 is 0 Å². The molecule has 0 aromatic carbocycles. The van der Waals surface area contributed by atoms with Gasteiger partial charge >= 0.3 is 0 Å². The largest absolute Gasteiger partial charge is 0.303 e. The van der Waals surface area contributed by atoms with Crippen LogP contribution in [-0.2, 0) is 17.8 Å². The van der Waals surface area contributed by atoms with Gasteiger partial charge in [-0.05, 0) is 12.8 Å². The van der Waals surface area contributed by atoms with Gasteiger partial charge < -0.3 is 4.79 Å². The summed E-state index contributed by atoms with van der Waals surface area (Å²) < 4.78 is 1.81. The number of rotatable bonds is 1. The summed E-state index contributed by atoms with van der Waals surface area (Å²) >= 11 is 0. The second kappa shape index (κ2) is 2.45. The van der Waals surface area contributed by atoms with Gasteiger partial charge in [0, 0.05) is 5.92 Å². The highest BCUT2D eigenvalue weighted by Gasteiger charge is 2.17. The fraction of sp³-hybridized carbons (Fsp3) is 0.571. The normalized spacial score (nSPS) is 22.7. The number of nitrogens with zero attached hydrogens (tertiary/aromatic N) is 3. The van der Waals surface area contributed by atoms with Crippen LogP contribution in [0.5, 0.6) is 0 Å². The van der Waals surface area contributed by atoms with Crippen LogP contribution >= 0.6 is 0 Å². The Morgan fingerprint density at radius 3 is 3.45 bits per heavy atom. The van der Waals surface area contributed by atoms with Crippen molar-refractivity contribution in [2.24, 2.45) is 5.92 Å². The third kappa shape index (κ3) is 1.04. The van der Waals surface area contributed by atoms with Crippen LogP contribution in [0.4, 0.5) is 0 Å². The second-order valence-electron chi connectivity index (χ2n) is 2.84. The SMILES string of the molecule is O=CC1CCc2cnnn2C1. The third-order valence-corrected chi connectivity index (χ3v) is 2.07. The maximum absolute atomic E-state index is 10.4. The summed E-state index contributed by atoms with van der Waals surface area (Å²) in [6, 6.07) is 0. The Morgan fingerprint density at radius 2 is 2.64 bits per heavy atom. The van der Waals surface area contributed by atoms with Gasteiger partial charge in [-0.3, -0.25) is 0 Å². The number of hydrogen-bond acceptors (Lipinski definition) is 3. The van der Waals surface area contributed by atoms with E-state index in [2.05, 4.69) is 10.3 Å². The highest BCUT2D eigenvalue weighted by molar-refractivity contribution is 5.53. The molecule has 2 heterocycles. The Labute approximate surface area is 64.2 Å². The molecule has 1 atom stereocenters. The lowest BCUT2D eigenvalue weighted by atomic mass is 10.0. The van der Waals surface area contributed by atoms with Crippen LogP contribution < -0.4 is 0 Å². The lowest BCUT2D eigenvalue weighted by Crippen LogP contribution is -2.21. The van der Waals surface area contributed by atoms with Gasteiger partial charge in [-0.15, -0.1) is 5.10 Å². The number of aromatic nitrogens is 3. The molecule has 0 fully saturated rings. The monoisotopic (exact) mass is 151 g/mol. The van der Waals surface area contributed by atoms with Crippen molar-refractivity contribution in [1.29, 1.82) is 0 Å². The van der Waals surface area contributed by atoms with E-state index in [0.29, 0.717) is 6.54 Å². The number of hydrogen-bond donors (Lipinski definition) is 0. The van der Waals surface area contributed by atoms with Gasteiger partial charge in [-0.2, -0.15) is 0 Å². The second-order valence-corrected chi connectivity index (χ2v) is 2.84. The highest BCUT2D eigenvalue weighted by Crippen LogP contribution is 2.15. The van der Waals surface area contributed by atoms with E-state index in [-0.39, 0.29) is 5.92 Å². The number of aldehydes is 1. The summed E-state index contributed by atoms with van der Waals surface area (Å²) in [5.41, 5.74) is 1.14. The summed E-state index contributed by atoms with van der Waals surface area (Å²) in [4.78, 5) is 10.4. The van der Waals surface area contributed by atoms with Gasteiger partial charge in [-0.1, -0.05) is 5.21 Å². The third-order valence-electron chi connectivity index (χ3n) is 2.07. The maximum atomic E-state index is 10.4. The minimum atomic E-state index is 0.143. The molecule has 0 amide bonds. The molecule has 58 valence electrons. The molecule has 0 N–H and O–H groups in total. The minimum Gasteiger partial charge on any atom is -0.303 e. The van der Waals surface area contributed by atoms with Gasteiger partial charge in [0.05, 0.1) is 18.4 Å². The molecule has 4 heteroatoms. The van der Waals surface area contributed by atoms with Crippen molar-refractivity contribution in [3.63, 3.8) is 0 Å². The molecule has 0 spiro atoms. The smallest absolute Gasteiger partial charge is 0.124 e. The predicted octanol–water partition coefficient (Wildman–Crippen LogP) is 0.0394. The Balaban J connectivity index is 2.24. The van der Waals surface area contributed by atoms with Crippen LogP contribution in [0.25, 0.3) is 0 Å². The Bertz CT molecular complexity index is 268. The molecule has 0 aliphatic carbocycles. The van der Waals surface area contributed by atoms with E-state index in [0.717, 1.165) is 24.8 Å². The Morgan fingerprint density at radius 1 is 1.73 bits per heavy atom. The Hall–Kier alpha value is -1.19. The molecular weight excluding hydrogens is 142 g/mol. The predicted molar refractivity (Wildman–Crippen MR) is 37.9 cm³/mol. The molecule has 0 saturated carbocycles. The van der Waals surface area contributed by atoms with Gasteiger partial charge in [0.1, 0.15) is 6.29 Å². The zero-order valence-corrected chi connectivity index (χ0v) is 6.10. The zero-order chi connectivity index (χ0) is 7.68. The molecule has 1 aliphatic rings.